The molecule has 2 aliphatic heterocycles. The highest BCUT2D eigenvalue weighted by atomic mass is 16.5. The Morgan fingerprint density at radius 2 is 1.66 bits per heavy atom. The number of nitrogens with two attached hydrogens (primary N) is 2. The van der Waals surface area contributed by atoms with E-state index >= 15 is 0 Å². The summed E-state index contributed by atoms with van der Waals surface area (Å²) in [7, 11) is 1.60. The number of fused-ring (bicyclic) bond motifs is 3. The van der Waals surface area contributed by atoms with Crippen molar-refractivity contribution in [2.24, 2.45) is 0 Å². The smallest absolute Gasteiger partial charge is 0.186 e. The van der Waals surface area contributed by atoms with Crippen LogP contribution in [0.3, 0.4) is 0 Å². The van der Waals surface area contributed by atoms with Gasteiger partial charge in [-0.25, -0.2) is 9.97 Å². The van der Waals surface area contributed by atoms with Crippen molar-refractivity contribution in [2.45, 2.75) is 19.3 Å². The van der Waals surface area contributed by atoms with Crippen LogP contribution in [0, 0.1) is 11.3 Å². The van der Waals surface area contributed by atoms with Crippen LogP contribution >= 0.6 is 0 Å². The SMILES string of the molecule is COc1ccc(N2CC(=O)c3c2nc(N)c2c(N)nc(N4CCCCC4)c(C#N)c32)cc1. The molecule has 5 rings (SSSR count). The fourth-order valence-corrected chi connectivity index (χ4v) is 4.61. The monoisotopic (exact) mass is 429 g/mol. The fraction of sp³-hybridized carbons (Fsp3) is 0.304. The number of anilines is 5. The third-order valence-corrected chi connectivity index (χ3v) is 6.15. The molecule has 1 aromatic carbocycles. The van der Waals surface area contributed by atoms with Gasteiger partial charge in [0.25, 0.3) is 0 Å². The van der Waals surface area contributed by atoms with Crippen LogP contribution in [-0.2, 0) is 0 Å². The van der Waals surface area contributed by atoms with Gasteiger partial charge in [-0.15, -0.1) is 0 Å². The maximum atomic E-state index is 13.2. The van der Waals surface area contributed by atoms with Crippen molar-refractivity contribution >= 4 is 45.5 Å². The van der Waals surface area contributed by atoms with Gasteiger partial charge in [0, 0.05) is 24.2 Å². The molecule has 4 N–H and O–H groups in total. The van der Waals surface area contributed by atoms with Crippen LogP contribution in [0.4, 0.5) is 29.0 Å². The number of nitrogen functional groups attached to an aromatic ring is 2. The molecule has 9 heteroatoms. The molecule has 32 heavy (non-hydrogen) atoms. The van der Waals surface area contributed by atoms with E-state index < -0.39 is 0 Å². The second-order valence-corrected chi connectivity index (χ2v) is 8.01. The van der Waals surface area contributed by atoms with E-state index in [0.29, 0.717) is 39.3 Å². The molecule has 162 valence electrons. The number of piperidine rings is 1. The molecule has 0 spiro atoms. The Hall–Kier alpha value is -4.06. The molecule has 0 saturated carbocycles. The Bertz CT molecular complexity index is 1270. The van der Waals surface area contributed by atoms with Crippen LogP contribution in [0.5, 0.6) is 5.75 Å². The second-order valence-electron chi connectivity index (χ2n) is 8.01. The molecule has 9 nitrogen and oxygen atoms in total. The molecule has 4 heterocycles. The number of benzene rings is 1. The molecule has 0 radical (unpaired) electrons. The Balaban J connectivity index is 1.76. The number of methoxy groups -OCH3 is 1. The van der Waals surface area contributed by atoms with Gasteiger partial charge in [0.1, 0.15) is 40.7 Å². The minimum absolute atomic E-state index is 0.0966. The van der Waals surface area contributed by atoms with Crippen molar-refractivity contribution in [1.82, 2.24) is 9.97 Å². The lowest BCUT2D eigenvalue weighted by Gasteiger charge is -2.29. The molecule has 0 atom stereocenters. The molecule has 1 saturated heterocycles. The number of ketones is 1. The quantitative estimate of drug-likeness (QED) is 0.644. The Morgan fingerprint density at radius 3 is 2.28 bits per heavy atom. The highest BCUT2D eigenvalue weighted by Gasteiger charge is 2.35. The number of carbonyl (C=O) groups is 1. The first-order chi connectivity index (χ1) is 15.5. The molecule has 0 unspecified atom stereocenters. The number of rotatable bonds is 3. The van der Waals surface area contributed by atoms with Crippen LogP contribution < -0.4 is 26.0 Å². The maximum absolute atomic E-state index is 13.2. The number of carbonyl (C=O) groups excluding carboxylic acids is 1. The summed E-state index contributed by atoms with van der Waals surface area (Å²) in [5.74, 6) is 1.85. The molecule has 2 aliphatic rings. The lowest BCUT2D eigenvalue weighted by atomic mass is 9.99. The third-order valence-electron chi connectivity index (χ3n) is 6.15. The minimum atomic E-state index is -0.139. The summed E-state index contributed by atoms with van der Waals surface area (Å²) in [6, 6.07) is 9.63. The fourth-order valence-electron chi connectivity index (χ4n) is 4.61. The van der Waals surface area contributed by atoms with Crippen molar-refractivity contribution in [3.63, 3.8) is 0 Å². The molecule has 0 aliphatic carbocycles. The summed E-state index contributed by atoms with van der Waals surface area (Å²) in [6.07, 6.45) is 3.18. The summed E-state index contributed by atoms with van der Waals surface area (Å²) in [4.78, 5) is 26.1. The highest BCUT2D eigenvalue weighted by molar-refractivity contribution is 6.22. The van der Waals surface area contributed by atoms with Crippen LogP contribution in [0.1, 0.15) is 35.2 Å². The van der Waals surface area contributed by atoms with Gasteiger partial charge in [-0.05, 0) is 43.5 Å². The molecular weight excluding hydrogens is 406 g/mol. The Morgan fingerprint density at radius 1 is 1.00 bits per heavy atom. The Labute approximate surface area is 185 Å². The summed E-state index contributed by atoms with van der Waals surface area (Å²) in [6.45, 7) is 1.68. The van der Waals surface area contributed by atoms with E-state index in [4.69, 9.17) is 16.2 Å². The average Bonchev–Trinajstić information content (AvgIpc) is 3.15. The molecular formula is C23H23N7O2. The molecule has 2 aromatic heterocycles. The van der Waals surface area contributed by atoms with Crippen molar-refractivity contribution in [3.8, 4) is 11.8 Å². The van der Waals surface area contributed by atoms with Gasteiger partial charge < -0.3 is 26.0 Å². The van der Waals surface area contributed by atoms with E-state index in [1.165, 1.54) is 0 Å². The minimum Gasteiger partial charge on any atom is -0.497 e. The second kappa shape index (κ2) is 7.57. The lowest BCUT2D eigenvalue weighted by Crippen LogP contribution is -2.31. The topological polar surface area (TPSA) is 134 Å². The van der Waals surface area contributed by atoms with Gasteiger partial charge >= 0.3 is 0 Å². The number of ether oxygens (including phenoxy) is 1. The van der Waals surface area contributed by atoms with Crippen molar-refractivity contribution < 1.29 is 9.53 Å². The van der Waals surface area contributed by atoms with Crippen molar-refractivity contribution in [2.75, 3.05) is 48.0 Å². The number of aromatic nitrogens is 2. The number of hydrogen-bond donors (Lipinski definition) is 2. The van der Waals surface area contributed by atoms with Gasteiger partial charge in [0.05, 0.1) is 24.6 Å². The first-order valence-electron chi connectivity index (χ1n) is 10.6. The predicted molar refractivity (Wildman–Crippen MR) is 123 cm³/mol. The predicted octanol–water partition coefficient (Wildman–Crippen LogP) is 3.00. The van der Waals surface area contributed by atoms with Gasteiger partial charge in [-0.1, -0.05) is 0 Å². The normalized spacial score (nSPS) is 15.7. The van der Waals surface area contributed by atoms with E-state index in [1.807, 2.05) is 24.3 Å². The van der Waals surface area contributed by atoms with E-state index in [1.54, 1.807) is 12.0 Å². The van der Waals surface area contributed by atoms with Crippen LogP contribution in [0.25, 0.3) is 10.8 Å². The zero-order valence-electron chi connectivity index (χ0n) is 17.8. The van der Waals surface area contributed by atoms with E-state index in [0.717, 1.165) is 38.0 Å². The van der Waals surface area contributed by atoms with Crippen LogP contribution in [0.15, 0.2) is 24.3 Å². The largest absolute Gasteiger partial charge is 0.497 e. The Kier molecular flexibility index (Phi) is 4.70. The summed E-state index contributed by atoms with van der Waals surface area (Å²) in [5, 5.41) is 10.9. The van der Waals surface area contributed by atoms with Gasteiger partial charge in [-0.2, -0.15) is 5.26 Å². The van der Waals surface area contributed by atoms with Crippen LogP contribution in [0.2, 0.25) is 0 Å². The third kappa shape index (κ3) is 2.95. The molecule has 3 aromatic rings. The maximum Gasteiger partial charge on any atom is 0.186 e. The van der Waals surface area contributed by atoms with Gasteiger partial charge in [-0.3, -0.25) is 4.79 Å². The number of hydrogen-bond acceptors (Lipinski definition) is 9. The summed E-state index contributed by atoms with van der Waals surface area (Å²) in [5.41, 5.74) is 14.1. The molecule has 0 amide bonds. The van der Waals surface area contributed by atoms with E-state index in [9.17, 15) is 10.1 Å². The van der Waals surface area contributed by atoms with E-state index in [2.05, 4.69) is 20.9 Å². The zero-order chi connectivity index (χ0) is 22.4. The first kappa shape index (κ1) is 19.9. The number of nitriles is 1. The lowest BCUT2D eigenvalue weighted by molar-refractivity contribution is 0.101. The summed E-state index contributed by atoms with van der Waals surface area (Å²) < 4.78 is 5.23. The van der Waals surface area contributed by atoms with Crippen molar-refractivity contribution in [3.05, 3.63) is 35.4 Å². The molecule has 1 fully saturated rings. The van der Waals surface area contributed by atoms with Crippen molar-refractivity contribution in [1.29, 1.82) is 5.26 Å². The zero-order valence-corrected chi connectivity index (χ0v) is 17.8. The average molecular weight is 429 g/mol. The van der Waals surface area contributed by atoms with Gasteiger partial charge in [0.2, 0.25) is 0 Å². The van der Waals surface area contributed by atoms with Gasteiger partial charge in [0.15, 0.2) is 5.78 Å². The van der Waals surface area contributed by atoms with Crippen LogP contribution in [-0.4, -0.2) is 42.5 Å². The van der Waals surface area contributed by atoms with E-state index in [-0.39, 0.29) is 24.0 Å². The standard InChI is InChI=1S/C23H23N7O2/c1-32-14-7-5-13(6-8-14)30-12-16(31)18-17-15(11-24)22(29-9-3-2-4-10-29)27-20(25)19(17)21(26)28-23(18)30/h5-8H,2-4,9-10,12H2,1H3,(H2,25,27)(H2,26,28). The first-order valence-corrected chi connectivity index (χ1v) is 10.6. The number of Topliss-reactive ketones (excluding diaryl/α,β-unsaturated/α-hetero) is 1. The number of pyridine rings is 2. The highest BCUT2D eigenvalue weighted by Crippen LogP contribution is 2.43. The number of nitrogens with zero attached hydrogens (tertiary/aromatic N) is 5. The summed E-state index contributed by atoms with van der Waals surface area (Å²) >= 11 is 0. The molecule has 0 bridgehead atoms.